The van der Waals surface area contributed by atoms with Gasteiger partial charge in [-0.3, -0.25) is 4.79 Å². The first-order chi connectivity index (χ1) is 8.04. The number of carbonyl (C=O) groups is 1. The van der Waals surface area contributed by atoms with E-state index in [1.807, 2.05) is 13.8 Å². The summed E-state index contributed by atoms with van der Waals surface area (Å²) in [5, 5.41) is 3.12. The number of hydrogen-bond donors (Lipinski definition) is 1. The molecule has 0 aliphatic heterocycles. The molecule has 0 bridgehead atoms. The standard InChI is InChI=1S/C13H18FNO2/c1-9(2)15-7-6-13(16)11-5-4-10(17-3)8-12(11)14/h4-5,8-9,15H,6-7H2,1-3H3. The molecule has 0 aromatic heterocycles. The van der Waals surface area contributed by atoms with E-state index in [9.17, 15) is 9.18 Å². The van der Waals surface area contributed by atoms with Crippen LogP contribution in [-0.2, 0) is 0 Å². The van der Waals surface area contributed by atoms with Gasteiger partial charge in [0.25, 0.3) is 0 Å². The fourth-order valence-electron chi connectivity index (χ4n) is 1.46. The third kappa shape index (κ3) is 4.15. The van der Waals surface area contributed by atoms with Crippen LogP contribution in [0.25, 0.3) is 0 Å². The first kappa shape index (κ1) is 13.6. The average Bonchev–Trinajstić information content (AvgIpc) is 2.28. The third-order valence-electron chi connectivity index (χ3n) is 2.38. The van der Waals surface area contributed by atoms with Crippen LogP contribution in [0.4, 0.5) is 4.39 Å². The number of ether oxygens (including phenoxy) is 1. The zero-order chi connectivity index (χ0) is 12.8. The Bertz CT molecular complexity index is 391. The molecule has 0 aliphatic carbocycles. The average molecular weight is 239 g/mol. The maximum Gasteiger partial charge on any atom is 0.167 e. The highest BCUT2D eigenvalue weighted by Gasteiger charge is 2.12. The van der Waals surface area contributed by atoms with Crippen LogP contribution in [0, 0.1) is 5.82 Å². The molecule has 3 nitrogen and oxygen atoms in total. The van der Waals surface area contributed by atoms with Crippen LogP contribution >= 0.6 is 0 Å². The van der Waals surface area contributed by atoms with E-state index in [1.54, 1.807) is 6.07 Å². The number of carbonyl (C=O) groups excluding carboxylic acids is 1. The lowest BCUT2D eigenvalue weighted by Gasteiger charge is -2.08. The molecule has 0 amide bonds. The fraction of sp³-hybridized carbons (Fsp3) is 0.462. The van der Waals surface area contributed by atoms with Gasteiger partial charge in [-0.2, -0.15) is 0 Å². The molecule has 1 rings (SSSR count). The van der Waals surface area contributed by atoms with Gasteiger partial charge in [-0.25, -0.2) is 4.39 Å². The number of methoxy groups -OCH3 is 1. The summed E-state index contributed by atoms with van der Waals surface area (Å²) in [6.45, 7) is 4.55. The molecule has 1 aromatic carbocycles. The maximum absolute atomic E-state index is 13.6. The molecule has 1 N–H and O–H groups in total. The normalized spacial score (nSPS) is 10.6. The highest BCUT2D eigenvalue weighted by molar-refractivity contribution is 5.96. The van der Waals surface area contributed by atoms with Crippen molar-refractivity contribution in [1.29, 1.82) is 0 Å². The van der Waals surface area contributed by atoms with Crippen molar-refractivity contribution in [3.63, 3.8) is 0 Å². The van der Waals surface area contributed by atoms with Crippen LogP contribution in [0.1, 0.15) is 30.6 Å². The van der Waals surface area contributed by atoms with E-state index < -0.39 is 5.82 Å². The summed E-state index contributed by atoms with van der Waals surface area (Å²) in [5.74, 6) is -0.309. The lowest BCUT2D eigenvalue weighted by atomic mass is 10.1. The lowest BCUT2D eigenvalue weighted by molar-refractivity contribution is 0.0978. The SMILES string of the molecule is COc1ccc(C(=O)CCNC(C)C)c(F)c1. The van der Waals surface area contributed by atoms with E-state index in [1.165, 1.54) is 19.2 Å². The van der Waals surface area contributed by atoms with Crippen LogP contribution in [0.2, 0.25) is 0 Å². The van der Waals surface area contributed by atoms with Crippen molar-refractivity contribution in [2.24, 2.45) is 0 Å². The van der Waals surface area contributed by atoms with Crippen molar-refractivity contribution in [3.8, 4) is 5.75 Å². The van der Waals surface area contributed by atoms with Gasteiger partial charge < -0.3 is 10.1 Å². The topological polar surface area (TPSA) is 38.3 Å². The van der Waals surface area contributed by atoms with Gasteiger partial charge in [0.1, 0.15) is 11.6 Å². The van der Waals surface area contributed by atoms with Gasteiger partial charge in [-0.05, 0) is 12.1 Å². The van der Waals surface area contributed by atoms with Crippen molar-refractivity contribution in [2.75, 3.05) is 13.7 Å². The van der Waals surface area contributed by atoms with Crippen molar-refractivity contribution >= 4 is 5.78 Å². The molecule has 0 heterocycles. The molecule has 0 saturated heterocycles. The summed E-state index contributed by atoms with van der Waals surface area (Å²) < 4.78 is 18.4. The number of Topliss-reactive ketones (excluding diaryl/α,β-unsaturated/α-hetero) is 1. The molecule has 0 fully saturated rings. The molecule has 0 radical (unpaired) electrons. The molecular formula is C13H18FNO2. The first-order valence-electron chi connectivity index (χ1n) is 5.64. The van der Waals surface area contributed by atoms with E-state index in [2.05, 4.69) is 5.32 Å². The Kier molecular flexibility index (Phi) is 5.10. The smallest absolute Gasteiger partial charge is 0.167 e. The summed E-state index contributed by atoms with van der Waals surface area (Å²) >= 11 is 0. The molecule has 0 aliphatic rings. The van der Waals surface area contributed by atoms with E-state index in [0.717, 1.165) is 0 Å². The van der Waals surface area contributed by atoms with Crippen molar-refractivity contribution in [2.45, 2.75) is 26.3 Å². The minimum atomic E-state index is -0.529. The second kappa shape index (κ2) is 6.35. The van der Waals surface area contributed by atoms with Gasteiger partial charge >= 0.3 is 0 Å². The largest absolute Gasteiger partial charge is 0.497 e. The Morgan fingerprint density at radius 1 is 1.47 bits per heavy atom. The maximum atomic E-state index is 13.6. The molecule has 0 spiro atoms. The van der Waals surface area contributed by atoms with Crippen LogP contribution in [0.15, 0.2) is 18.2 Å². The third-order valence-corrected chi connectivity index (χ3v) is 2.38. The van der Waals surface area contributed by atoms with E-state index >= 15 is 0 Å². The first-order valence-corrected chi connectivity index (χ1v) is 5.64. The van der Waals surface area contributed by atoms with Crippen LogP contribution in [-0.4, -0.2) is 25.5 Å². The number of rotatable bonds is 6. The van der Waals surface area contributed by atoms with Crippen LogP contribution < -0.4 is 10.1 Å². The van der Waals surface area contributed by atoms with Gasteiger partial charge in [0, 0.05) is 25.1 Å². The van der Waals surface area contributed by atoms with Crippen LogP contribution in [0.3, 0.4) is 0 Å². The Hall–Kier alpha value is -1.42. The Balaban J connectivity index is 2.63. The van der Waals surface area contributed by atoms with E-state index in [-0.39, 0.29) is 11.3 Å². The van der Waals surface area contributed by atoms with Gasteiger partial charge in [0.15, 0.2) is 5.78 Å². The van der Waals surface area contributed by atoms with E-state index in [0.29, 0.717) is 24.8 Å². The van der Waals surface area contributed by atoms with Crippen molar-refractivity contribution in [1.82, 2.24) is 5.32 Å². The summed E-state index contributed by atoms with van der Waals surface area (Å²) in [7, 11) is 1.46. The number of ketones is 1. The second-order valence-electron chi connectivity index (χ2n) is 4.13. The molecule has 1 aromatic rings. The minimum absolute atomic E-state index is 0.122. The minimum Gasteiger partial charge on any atom is -0.497 e. The number of nitrogens with one attached hydrogen (secondary N) is 1. The summed E-state index contributed by atoms with van der Waals surface area (Å²) in [6.07, 6.45) is 0.293. The molecular weight excluding hydrogens is 221 g/mol. The zero-order valence-corrected chi connectivity index (χ0v) is 10.4. The summed E-state index contributed by atoms with van der Waals surface area (Å²) in [6, 6.07) is 4.60. The molecule has 4 heteroatoms. The highest BCUT2D eigenvalue weighted by atomic mass is 19.1. The molecule has 0 unspecified atom stereocenters. The Morgan fingerprint density at radius 3 is 2.71 bits per heavy atom. The van der Waals surface area contributed by atoms with Gasteiger partial charge in [0.05, 0.1) is 12.7 Å². The molecule has 17 heavy (non-hydrogen) atoms. The monoisotopic (exact) mass is 239 g/mol. The molecule has 0 atom stereocenters. The van der Waals surface area contributed by atoms with Gasteiger partial charge in [-0.1, -0.05) is 13.8 Å². The Morgan fingerprint density at radius 2 is 2.18 bits per heavy atom. The van der Waals surface area contributed by atoms with Gasteiger partial charge in [0.2, 0.25) is 0 Å². The predicted octanol–water partition coefficient (Wildman–Crippen LogP) is 2.41. The Labute approximate surface area is 101 Å². The number of benzene rings is 1. The van der Waals surface area contributed by atoms with Crippen LogP contribution in [0.5, 0.6) is 5.75 Å². The van der Waals surface area contributed by atoms with Gasteiger partial charge in [-0.15, -0.1) is 0 Å². The zero-order valence-electron chi connectivity index (χ0n) is 10.4. The summed E-state index contributed by atoms with van der Waals surface area (Å²) in [4.78, 5) is 11.7. The predicted molar refractivity (Wildman–Crippen MR) is 65.0 cm³/mol. The lowest BCUT2D eigenvalue weighted by Crippen LogP contribution is -2.25. The number of hydrogen-bond acceptors (Lipinski definition) is 3. The summed E-state index contributed by atoms with van der Waals surface area (Å²) in [5.41, 5.74) is 0.122. The van der Waals surface area contributed by atoms with Crippen molar-refractivity contribution in [3.05, 3.63) is 29.6 Å². The van der Waals surface area contributed by atoms with Crippen molar-refractivity contribution < 1.29 is 13.9 Å². The fourth-order valence-corrected chi connectivity index (χ4v) is 1.46. The highest BCUT2D eigenvalue weighted by Crippen LogP contribution is 2.17. The van der Waals surface area contributed by atoms with E-state index in [4.69, 9.17) is 4.74 Å². The molecule has 94 valence electrons. The quantitative estimate of drug-likeness (QED) is 0.775. The second-order valence-corrected chi connectivity index (χ2v) is 4.13. The number of halogens is 1. The molecule has 0 saturated carbocycles.